The van der Waals surface area contributed by atoms with Crippen LogP contribution in [0.25, 0.3) is 0 Å². The SMILES string of the molecule is C1=NCCCN1.C1=NCCCO1.C1=NCCCS1.C1=NCCN1.C1=NCCO1.C1=NCCS1.C1=NNCC1.C1=NNCCC1.C1=NOCC1.C1=NOCCC1.C1=NSCC1.C1=NSCCC1.CC.CC.CC.CC.CC.CC.CC.CC.CC.CC.CC.CC.CC.CC.CC.CC.CC.CC.CC.CC.CC.CC.CC.CC. The fourth-order valence-corrected chi connectivity index (χ4v) is 6.50. The Kier molecular flexibility index (Phi) is 513. The third kappa shape index (κ3) is 322. The van der Waals surface area contributed by atoms with Gasteiger partial charge in [0.2, 0.25) is 0 Å². The number of thioether (sulfide) groups is 2. The highest BCUT2D eigenvalue weighted by Crippen LogP contribution is 2.09. The summed E-state index contributed by atoms with van der Waals surface area (Å²) < 4.78 is 17.3. The number of hydrogen-bond donors (Lipinski definition) is 4. The smallest absolute Gasteiger partial charge is 0.169 e. The summed E-state index contributed by atoms with van der Waals surface area (Å²) in [6.07, 6.45) is 31.7. The second-order valence-electron chi connectivity index (χ2n) is 13.3. The van der Waals surface area contributed by atoms with Gasteiger partial charge in [0.25, 0.3) is 0 Å². The van der Waals surface area contributed by atoms with E-state index in [0.29, 0.717) is 0 Å². The molecule has 0 saturated heterocycles. The Morgan fingerprint density at radius 3 is 0.737 bits per heavy atom. The minimum absolute atomic E-state index is 0.778. The zero-order valence-corrected chi connectivity index (χ0v) is 90.0. The molecule has 0 atom stereocenters. The quantitative estimate of drug-likeness (QED) is 0.166. The van der Waals surface area contributed by atoms with Crippen LogP contribution in [-0.2, 0) is 19.1 Å². The molecule has 4 N–H and O–H groups in total. The number of aliphatic imine (C=N–C) groups is 6. The second kappa shape index (κ2) is 331. The van der Waals surface area contributed by atoms with E-state index in [4.69, 9.17) is 4.74 Å². The van der Waals surface area contributed by atoms with E-state index >= 15 is 0 Å². The first kappa shape index (κ1) is 177. The molecule has 12 heterocycles. The Balaban J connectivity index is -0.0000000337. The van der Waals surface area contributed by atoms with E-state index < -0.39 is 0 Å². The molecule has 12 rings (SSSR count). The van der Waals surface area contributed by atoms with Crippen LogP contribution in [0.15, 0.2) is 59.3 Å². The van der Waals surface area contributed by atoms with E-state index in [1.165, 1.54) is 74.3 Å². The summed E-state index contributed by atoms with van der Waals surface area (Å²) in [5.74, 6) is 4.88. The zero-order valence-electron chi connectivity index (χ0n) is 86.8. The van der Waals surface area contributed by atoms with Gasteiger partial charge in [0.05, 0.1) is 43.5 Å². The zero-order chi connectivity index (χ0) is 94.7. The summed E-state index contributed by atoms with van der Waals surface area (Å²) in [7, 11) is 0. The molecule has 0 saturated carbocycles. The predicted octanol–water partition coefficient (Wildman–Crippen LogP) is 30.8. The molecule has 708 valence electrons. The summed E-state index contributed by atoms with van der Waals surface area (Å²) >= 11 is 6.89. The fourth-order valence-electron chi connectivity index (χ4n) is 4.22. The Bertz CT molecular complexity index is 1080. The molecule has 24 heteroatoms. The number of rotatable bonds is 0. The number of ether oxygens (including phenoxy) is 2. The third-order valence-electron chi connectivity index (χ3n) is 7.51. The highest BCUT2D eigenvalue weighted by molar-refractivity contribution is 8.12. The largest absolute Gasteiger partial charge is 0.483 e. The summed E-state index contributed by atoms with van der Waals surface area (Å²) in [6, 6.07) is 0. The predicted molar refractivity (Wildman–Crippen MR) is 565 cm³/mol. The number of hydrogen-bond acceptors (Lipinski definition) is 24. The van der Waals surface area contributed by atoms with Crippen LogP contribution >= 0.6 is 47.4 Å². The fraction of sp³-hybridized carbons (Fsp3) is 0.867. The summed E-state index contributed by atoms with van der Waals surface area (Å²) in [5, 5.41) is 20.4. The Morgan fingerprint density at radius 2 is 0.632 bits per heavy atom. The van der Waals surface area contributed by atoms with Gasteiger partial charge in [0.1, 0.15) is 19.8 Å². The van der Waals surface area contributed by atoms with Crippen LogP contribution in [0.1, 0.15) is 409 Å². The van der Waals surface area contributed by atoms with Gasteiger partial charge in [-0.25, -0.2) is 8.80 Å². The highest BCUT2D eigenvalue weighted by atomic mass is 32.2. The van der Waals surface area contributed by atoms with Crippen LogP contribution in [0.4, 0.5) is 0 Å². The Morgan fingerprint density at radius 1 is 0.246 bits per heavy atom. The van der Waals surface area contributed by atoms with Gasteiger partial charge in [-0.05, 0) is 81.7 Å². The molecule has 12 aliphatic heterocycles. The molecule has 0 bridgehead atoms. The minimum Gasteiger partial charge on any atom is -0.483 e. The minimum atomic E-state index is 0.778. The van der Waals surface area contributed by atoms with Crippen LogP contribution in [0.5, 0.6) is 0 Å². The molecule has 114 heavy (non-hydrogen) atoms. The molecule has 20 nitrogen and oxygen atoms in total. The average Bonchev–Trinajstić information content (AvgIpc) is 2.76. The van der Waals surface area contributed by atoms with Gasteiger partial charge in [-0.2, -0.15) is 10.2 Å². The Hall–Kier alpha value is -4.16. The lowest BCUT2D eigenvalue weighted by atomic mass is 10.3. The monoisotopic (exact) mass is 1720 g/mol. The molecule has 0 spiro atoms. The molecule has 12 aliphatic rings. The summed E-state index contributed by atoms with van der Waals surface area (Å²) in [4.78, 5) is 32.4. The molecule has 0 aromatic carbocycles. The van der Waals surface area contributed by atoms with Crippen molar-refractivity contribution in [3.05, 3.63) is 0 Å². The van der Waals surface area contributed by atoms with Crippen molar-refractivity contribution in [1.82, 2.24) is 21.5 Å². The van der Waals surface area contributed by atoms with Gasteiger partial charge in [-0.3, -0.25) is 30.0 Å². The molecule has 0 unspecified atom stereocenters. The number of oxime groups is 2. The third-order valence-corrected chi connectivity index (χ3v) is 10.5. The van der Waals surface area contributed by atoms with Crippen LogP contribution in [0.2, 0.25) is 0 Å². The maximum absolute atomic E-state index is 4.78. The summed E-state index contributed by atoms with van der Waals surface area (Å²) in [5.41, 5.74) is 9.48. The summed E-state index contributed by atoms with van der Waals surface area (Å²) in [6.45, 7) is 109. The van der Waals surface area contributed by atoms with E-state index in [0.717, 1.165) is 130 Å². The van der Waals surface area contributed by atoms with Gasteiger partial charge in [-0.15, -0.1) is 23.5 Å². The lowest BCUT2D eigenvalue weighted by Gasteiger charge is -2.01. The van der Waals surface area contributed by atoms with E-state index in [1.807, 2.05) is 368 Å². The molecule has 0 fully saturated rings. The van der Waals surface area contributed by atoms with Gasteiger partial charge >= 0.3 is 0 Å². The lowest BCUT2D eigenvalue weighted by Crippen LogP contribution is -2.17. The van der Waals surface area contributed by atoms with Crippen molar-refractivity contribution in [1.29, 1.82) is 0 Å². The van der Waals surface area contributed by atoms with Crippen molar-refractivity contribution < 1.29 is 19.1 Å². The Labute approximate surface area is 740 Å². The van der Waals surface area contributed by atoms with Crippen molar-refractivity contribution in [3.8, 4) is 0 Å². The first-order valence-corrected chi connectivity index (χ1v) is 50.8. The molecule has 0 aromatic heterocycles. The van der Waals surface area contributed by atoms with Gasteiger partial charge in [0, 0.05) is 132 Å². The normalized spacial score (nSPS) is 12.9. The number of nitrogens with one attached hydrogen (secondary N) is 4. The first-order chi connectivity index (χ1) is 57.0. The van der Waals surface area contributed by atoms with Crippen LogP contribution in [0.3, 0.4) is 0 Å². The highest BCUT2D eigenvalue weighted by Gasteiger charge is 1.93. The van der Waals surface area contributed by atoms with Gasteiger partial charge in [0.15, 0.2) is 12.8 Å². The number of nitrogens with zero attached hydrogens (tertiary/aromatic N) is 12. The van der Waals surface area contributed by atoms with Crippen molar-refractivity contribution in [3.63, 3.8) is 0 Å². The molecular weight excluding hydrogens is 1500 g/mol. The molecule has 0 aromatic rings. The molecular formula is C90H220N16O4S4. The van der Waals surface area contributed by atoms with E-state index in [9.17, 15) is 0 Å². The molecule has 0 amide bonds. The maximum Gasteiger partial charge on any atom is 0.169 e. The molecule has 0 radical (unpaired) electrons. The second-order valence-corrected chi connectivity index (χ2v) is 16.9. The average molecular weight is 1720 g/mol. The van der Waals surface area contributed by atoms with Crippen LogP contribution in [0, 0.1) is 0 Å². The first-order valence-electron chi connectivity index (χ1n) is 46.9. The standard InChI is InChI=1S/2C4H8N2.2C4H7NO.2C4H7NS.2C3H6N2.2C3H5NO.2C3H5NS.24C2H6/c1-2-5-4-6-3-1;1-2-4-6-5-3-1;1-2-5-4-6-3-1;1-2-4-6-5-3-1;1-2-5-4-6-3-1;1-2-4-6-5-3-1;1-2-5-3-4-1;1-2-4-5-3-1;1-2-5-3-4-1;1-2-4-5-3-1;1-2-5-3-4-1;1-2-4-5-3-1;24*1-2/h4H,1-3H2,(H,5,6);3,6H,1-2,4H2;4H,1-3H2;3H,1-2,4H2;4H,1-3H2;3H,1-2,4H2;3H,1-2H2,(H,4,5);2,5H,1,3H2;3H,1-2H2;2H,1,3H2;3H,1-2H2;2H,1,3H2;24*1-2H3. The molecule has 0 aliphatic carbocycles. The van der Waals surface area contributed by atoms with E-state index in [1.54, 1.807) is 72.5 Å². The van der Waals surface area contributed by atoms with Gasteiger partial charge < -0.3 is 40.6 Å². The van der Waals surface area contributed by atoms with Crippen LogP contribution in [-0.4, -0.2) is 189 Å². The van der Waals surface area contributed by atoms with E-state index in [2.05, 4.69) is 95.2 Å². The van der Waals surface area contributed by atoms with Crippen molar-refractivity contribution in [2.24, 2.45) is 59.3 Å². The van der Waals surface area contributed by atoms with Crippen molar-refractivity contribution >= 4 is 121 Å². The van der Waals surface area contributed by atoms with Crippen molar-refractivity contribution in [2.75, 3.05) is 115 Å². The lowest BCUT2D eigenvalue weighted by molar-refractivity contribution is 0.134. The van der Waals surface area contributed by atoms with E-state index in [-0.39, 0.29) is 0 Å². The maximum atomic E-state index is 4.78. The number of hydrazone groups is 2. The van der Waals surface area contributed by atoms with Crippen LogP contribution < -0.4 is 21.5 Å². The van der Waals surface area contributed by atoms with Crippen molar-refractivity contribution in [2.45, 2.75) is 409 Å². The van der Waals surface area contributed by atoms with Gasteiger partial charge in [-0.1, -0.05) is 343 Å². The topological polar surface area (TPSA) is 233 Å².